The number of carbonyl (C=O) groups is 1. The van der Waals surface area contributed by atoms with Crippen LogP contribution in [0.5, 0.6) is 5.75 Å². The third-order valence-corrected chi connectivity index (χ3v) is 5.36. The summed E-state index contributed by atoms with van der Waals surface area (Å²) in [5.41, 5.74) is 4.50. The highest BCUT2D eigenvalue weighted by atomic mass is 16.5. The molecule has 0 spiro atoms. The highest BCUT2D eigenvalue weighted by Crippen LogP contribution is 2.36. The molecule has 3 heteroatoms. The monoisotopic (exact) mass is 384 g/mol. The number of ether oxygens (including phenoxy) is 1. The molecule has 0 bridgehead atoms. The van der Waals surface area contributed by atoms with Crippen LogP contribution in [-0.4, -0.2) is 18.0 Å². The smallest absolute Gasteiger partial charge is 0.190 e. The lowest BCUT2D eigenvalue weighted by molar-refractivity contribution is -0.109. The number of aliphatic hydroxyl groups excluding tert-OH is 1. The Morgan fingerprint density at radius 3 is 1.97 bits per heavy atom. The number of hydrogen-bond donors (Lipinski definition) is 1. The predicted octanol–water partition coefficient (Wildman–Crippen LogP) is 6.22. The number of carbonyl (C=O) groups excluding carboxylic acids is 1. The van der Waals surface area contributed by atoms with Crippen molar-refractivity contribution in [1.29, 1.82) is 0 Å². The van der Waals surface area contributed by atoms with E-state index in [1.54, 1.807) is 7.11 Å². The maximum Gasteiger partial charge on any atom is 0.190 e. The van der Waals surface area contributed by atoms with Gasteiger partial charge in [0.1, 0.15) is 11.5 Å². The Labute approximate surface area is 171 Å². The van der Waals surface area contributed by atoms with Crippen molar-refractivity contribution < 1.29 is 14.6 Å². The fraction of sp³-hybridized carbons (Fsp3) is 0.192. The van der Waals surface area contributed by atoms with E-state index in [0.29, 0.717) is 5.57 Å². The summed E-state index contributed by atoms with van der Waals surface area (Å²) < 4.78 is 5.55. The molecule has 3 nitrogen and oxygen atoms in total. The molecule has 0 radical (unpaired) electrons. The Kier molecular flexibility index (Phi) is 4.54. The van der Waals surface area contributed by atoms with Crippen LogP contribution in [0.4, 0.5) is 0 Å². The van der Waals surface area contributed by atoms with E-state index in [1.807, 2.05) is 24.3 Å². The second-order valence-electron chi connectivity index (χ2n) is 8.40. The second kappa shape index (κ2) is 6.93. The fourth-order valence-corrected chi connectivity index (χ4v) is 3.79. The minimum atomic E-state index is -0.161. The molecule has 3 aromatic rings. The van der Waals surface area contributed by atoms with Gasteiger partial charge in [0.25, 0.3) is 0 Å². The largest absolute Gasteiger partial charge is 0.507 e. The molecule has 4 rings (SSSR count). The lowest BCUT2D eigenvalue weighted by atomic mass is 9.84. The molecule has 0 aliphatic heterocycles. The first-order valence-corrected chi connectivity index (χ1v) is 9.66. The highest BCUT2D eigenvalue weighted by molar-refractivity contribution is 6.29. The maximum atomic E-state index is 12.0. The standard InChI is InChI=1S/C26H24O3/c1-26(2,3)21-15-19(9-12-24(21)29-4)17-5-6-18-14-20(8-7-16(18)13-17)25-22(27)10-11-23(25)28/h5-15,27H,1-4H3. The molecular formula is C26H24O3. The van der Waals surface area contributed by atoms with Crippen molar-refractivity contribution in [3.8, 4) is 16.9 Å². The minimum absolute atomic E-state index is 0.0231. The lowest BCUT2D eigenvalue weighted by Crippen LogP contribution is -2.12. The van der Waals surface area contributed by atoms with Crippen LogP contribution in [0, 0.1) is 0 Å². The van der Waals surface area contributed by atoms with Crippen LogP contribution in [0.3, 0.4) is 0 Å². The van der Waals surface area contributed by atoms with Gasteiger partial charge in [0.05, 0.1) is 12.7 Å². The van der Waals surface area contributed by atoms with Gasteiger partial charge in [0, 0.05) is 5.56 Å². The van der Waals surface area contributed by atoms with E-state index in [4.69, 9.17) is 4.74 Å². The first-order chi connectivity index (χ1) is 13.8. The number of benzene rings is 3. The van der Waals surface area contributed by atoms with Crippen molar-refractivity contribution >= 4 is 22.1 Å². The Bertz CT molecular complexity index is 1190. The van der Waals surface area contributed by atoms with E-state index < -0.39 is 0 Å². The van der Waals surface area contributed by atoms with Crippen LogP contribution in [0.1, 0.15) is 31.9 Å². The zero-order valence-electron chi connectivity index (χ0n) is 17.1. The average Bonchev–Trinajstić information content (AvgIpc) is 3.04. The van der Waals surface area contributed by atoms with Crippen molar-refractivity contribution in [2.24, 2.45) is 0 Å². The summed E-state index contributed by atoms with van der Waals surface area (Å²) in [6.07, 6.45) is 2.84. The maximum absolute atomic E-state index is 12.0. The summed E-state index contributed by atoms with van der Waals surface area (Å²) in [6, 6.07) is 18.4. The molecule has 0 unspecified atom stereocenters. The summed E-state index contributed by atoms with van der Waals surface area (Å²) in [5, 5.41) is 12.1. The second-order valence-corrected chi connectivity index (χ2v) is 8.40. The Hall–Kier alpha value is -3.33. The van der Waals surface area contributed by atoms with Gasteiger partial charge in [0.2, 0.25) is 0 Å². The molecule has 0 amide bonds. The van der Waals surface area contributed by atoms with Gasteiger partial charge in [-0.25, -0.2) is 0 Å². The van der Waals surface area contributed by atoms with Crippen molar-refractivity contribution in [2.75, 3.05) is 7.11 Å². The summed E-state index contributed by atoms with van der Waals surface area (Å²) in [6.45, 7) is 6.54. The van der Waals surface area contributed by atoms with Gasteiger partial charge in [-0.2, -0.15) is 0 Å². The van der Waals surface area contributed by atoms with E-state index in [9.17, 15) is 9.90 Å². The van der Waals surface area contributed by atoms with Crippen molar-refractivity contribution in [1.82, 2.24) is 0 Å². The molecule has 0 atom stereocenters. The SMILES string of the molecule is COc1ccc(-c2ccc3cc(C4=C(O)C=CC4=O)ccc3c2)cc1C(C)(C)C. The highest BCUT2D eigenvalue weighted by Gasteiger charge is 2.21. The van der Waals surface area contributed by atoms with Crippen LogP contribution in [0.2, 0.25) is 0 Å². The van der Waals surface area contributed by atoms with E-state index in [2.05, 4.69) is 51.1 Å². The predicted molar refractivity (Wildman–Crippen MR) is 118 cm³/mol. The molecular weight excluding hydrogens is 360 g/mol. The zero-order chi connectivity index (χ0) is 20.8. The summed E-state index contributed by atoms with van der Waals surface area (Å²) in [7, 11) is 1.70. The number of fused-ring (bicyclic) bond motifs is 1. The number of rotatable bonds is 3. The average molecular weight is 384 g/mol. The normalized spacial score (nSPS) is 14.1. The lowest BCUT2D eigenvalue weighted by Gasteiger charge is -2.23. The molecule has 1 N–H and O–H groups in total. The molecule has 0 saturated carbocycles. The Morgan fingerprint density at radius 2 is 1.38 bits per heavy atom. The Balaban J connectivity index is 1.77. The van der Waals surface area contributed by atoms with Gasteiger partial charge in [-0.15, -0.1) is 0 Å². The van der Waals surface area contributed by atoms with Gasteiger partial charge in [0.15, 0.2) is 5.78 Å². The molecule has 0 aromatic heterocycles. The van der Waals surface area contributed by atoms with Crippen molar-refractivity contribution in [2.45, 2.75) is 26.2 Å². The molecule has 0 fully saturated rings. The van der Waals surface area contributed by atoms with Gasteiger partial charge in [-0.3, -0.25) is 4.79 Å². The Morgan fingerprint density at radius 1 is 0.793 bits per heavy atom. The van der Waals surface area contributed by atoms with Crippen LogP contribution >= 0.6 is 0 Å². The van der Waals surface area contributed by atoms with Crippen LogP contribution in [0.15, 0.2) is 72.5 Å². The summed E-state index contributed by atoms with van der Waals surface area (Å²) >= 11 is 0. The van der Waals surface area contributed by atoms with E-state index in [1.165, 1.54) is 17.7 Å². The first kappa shape index (κ1) is 19.0. The number of aliphatic hydroxyl groups is 1. The van der Waals surface area contributed by atoms with Crippen LogP contribution in [0.25, 0.3) is 27.5 Å². The summed E-state index contributed by atoms with van der Waals surface area (Å²) in [4.78, 5) is 12.0. The number of ketones is 1. The third kappa shape index (κ3) is 3.44. The van der Waals surface area contributed by atoms with Gasteiger partial charge >= 0.3 is 0 Å². The van der Waals surface area contributed by atoms with Crippen molar-refractivity contribution in [3.05, 3.63) is 83.6 Å². The number of allylic oxidation sites excluding steroid dienone is 3. The topological polar surface area (TPSA) is 46.5 Å². The van der Waals surface area contributed by atoms with E-state index >= 15 is 0 Å². The fourth-order valence-electron chi connectivity index (χ4n) is 3.79. The molecule has 1 aliphatic rings. The molecule has 3 aromatic carbocycles. The van der Waals surface area contributed by atoms with Crippen LogP contribution < -0.4 is 4.74 Å². The van der Waals surface area contributed by atoms with Crippen LogP contribution in [-0.2, 0) is 10.2 Å². The summed E-state index contributed by atoms with van der Waals surface area (Å²) in [5.74, 6) is 0.764. The van der Waals surface area contributed by atoms with E-state index in [0.717, 1.165) is 33.2 Å². The molecule has 29 heavy (non-hydrogen) atoms. The quantitative estimate of drug-likeness (QED) is 0.583. The minimum Gasteiger partial charge on any atom is -0.507 e. The van der Waals surface area contributed by atoms with Gasteiger partial charge in [-0.1, -0.05) is 51.1 Å². The zero-order valence-corrected chi connectivity index (χ0v) is 17.1. The molecule has 0 saturated heterocycles. The van der Waals surface area contributed by atoms with Crippen molar-refractivity contribution in [3.63, 3.8) is 0 Å². The first-order valence-electron chi connectivity index (χ1n) is 9.66. The third-order valence-electron chi connectivity index (χ3n) is 5.36. The van der Waals surface area contributed by atoms with Gasteiger partial charge in [-0.05, 0) is 69.3 Å². The number of methoxy groups -OCH3 is 1. The van der Waals surface area contributed by atoms with Gasteiger partial charge < -0.3 is 9.84 Å². The van der Waals surface area contributed by atoms with E-state index in [-0.39, 0.29) is 17.0 Å². The molecule has 1 aliphatic carbocycles. The number of hydrogen-bond acceptors (Lipinski definition) is 3. The molecule has 0 heterocycles. The molecule has 146 valence electrons.